The van der Waals surface area contributed by atoms with Crippen LogP contribution in [0.15, 0.2) is 18.3 Å². The van der Waals surface area contributed by atoms with E-state index in [1.54, 1.807) is 0 Å². The third kappa shape index (κ3) is 2.49. The van der Waals surface area contributed by atoms with Gasteiger partial charge in [0.15, 0.2) is 0 Å². The van der Waals surface area contributed by atoms with Gasteiger partial charge < -0.3 is 15.8 Å². The number of aromatic nitrogens is 1. The molecule has 2 aliphatic rings. The minimum Gasteiger partial charge on any atom is -0.384 e. The third-order valence-electron chi connectivity index (χ3n) is 4.17. The maximum atomic E-state index is 6.10. The van der Waals surface area contributed by atoms with E-state index in [2.05, 4.69) is 16.4 Å². The number of hydrogen-bond donors (Lipinski definition) is 2. The Bertz CT molecular complexity index is 398. The molecule has 3 heterocycles. The van der Waals surface area contributed by atoms with Crippen LogP contribution in [0.1, 0.15) is 24.8 Å². The normalized spacial score (nSPS) is 26.6. The summed E-state index contributed by atoms with van der Waals surface area (Å²) in [6.45, 7) is 3.08. The summed E-state index contributed by atoms with van der Waals surface area (Å²) in [5.41, 5.74) is 7.04. The van der Waals surface area contributed by atoms with Crippen molar-refractivity contribution < 1.29 is 4.74 Å². The summed E-state index contributed by atoms with van der Waals surface area (Å²) in [7, 11) is 0. The Labute approximate surface area is 108 Å². The Morgan fingerprint density at radius 3 is 2.94 bits per heavy atom. The SMILES string of the molecule is Nc1ccc(C[C@H]2COC3(CCNCC3)C2)cn1. The van der Waals surface area contributed by atoms with E-state index >= 15 is 0 Å². The molecule has 0 radical (unpaired) electrons. The van der Waals surface area contributed by atoms with Crippen LogP contribution < -0.4 is 11.1 Å². The highest BCUT2D eigenvalue weighted by Gasteiger charge is 2.40. The van der Waals surface area contributed by atoms with E-state index in [1.165, 1.54) is 12.0 Å². The van der Waals surface area contributed by atoms with Gasteiger partial charge >= 0.3 is 0 Å². The quantitative estimate of drug-likeness (QED) is 0.828. The van der Waals surface area contributed by atoms with E-state index in [0.717, 1.165) is 39.0 Å². The molecule has 18 heavy (non-hydrogen) atoms. The highest BCUT2D eigenvalue weighted by atomic mass is 16.5. The van der Waals surface area contributed by atoms with Gasteiger partial charge in [0.05, 0.1) is 12.2 Å². The van der Waals surface area contributed by atoms with Crippen LogP contribution in [0.4, 0.5) is 5.82 Å². The number of nitrogens with one attached hydrogen (secondary N) is 1. The Hall–Kier alpha value is -1.13. The standard InChI is InChI=1S/C14H21N3O/c15-13-2-1-11(9-17-13)7-12-8-14(18-10-12)3-5-16-6-4-14/h1-2,9,12,16H,3-8,10H2,(H2,15,17)/t12-/m1/s1. The molecule has 2 fully saturated rings. The van der Waals surface area contributed by atoms with Crippen molar-refractivity contribution in [3.63, 3.8) is 0 Å². The zero-order valence-electron chi connectivity index (χ0n) is 10.7. The monoisotopic (exact) mass is 247 g/mol. The minimum absolute atomic E-state index is 0.164. The summed E-state index contributed by atoms with van der Waals surface area (Å²) in [5, 5.41) is 3.40. The van der Waals surface area contributed by atoms with Gasteiger partial charge in [-0.3, -0.25) is 0 Å². The number of hydrogen-bond acceptors (Lipinski definition) is 4. The van der Waals surface area contributed by atoms with Crippen molar-refractivity contribution in [3.05, 3.63) is 23.9 Å². The van der Waals surface area contributed by atoms with E-state index < -0.39 is 0 Å². The molecule has 98 valence electrons. The summed E-state index contributed by atoms with van der Waals surface area (Å²) < 4.78 is 6.10. The van der Waals surface area contributed by atoms with Crippen molar-refractivity contribution in [1.29, 1.82) is 0 Å². The molecular weight excluding hydrogens is 226 g/mol. The lowest BCUT2D eigenvalue weighted by molar-refractivity contribution is -0.0196. The molecule has 1 atom stereocenters. The van der Waals surface area contributed by atoms with Gasteiger partial charge in [-0.25, -0.2) is 4.98 Å². The average molecular weight is 247 g/mol. The molecule has 3 rings (SSSR count). The molecule has 2 aliphatic heterocycles. The first-order valence-electron chi connectivity index (χ1n) is 6.81. The summed E-state index contributed by atoms with van der Waals surface area (Å²) in [5.74, 6) is 1.23. The minimum atomic E-state index is 0.164. The largest absolute Gasteiger partial charge is 0.384 e. The molecule has 2 saturated heterocycles. The molecule has 0 amide bonds. The van der Waals surface area contributed by atoms with Crippen LogP contribution in [-0.2, 0) is 11.2 Å². The second kappa shape index (κ2) is 4.86. The zero-order chi connectivity index (χ0) is 12.4. The van der Waals surface area contributed by atoms with Crippen LogP contribution in [0.3, 0.4) is 0 Å². The second-order valence-corrected chi connectivity index (χ2v) is 5.61. The lowest BCUT2D eigenvalue weighted by Gasteiger charge is -2.33. The fraction of sp³-hybridized carbons (Fsp3) is 0.643. The maximum absolute atomic E-state index is 6.10. The first-order chi connectivity index (χ1) is 8.76. The number of piperidine rings is 1. The summed E-state index contributed by atoms with van der Waals surface area (Å²) in [6, 6.07) is 3.96. The van der Waals surface area contributed by atoms with Gasteiger partial charge in [0, 0.05) is 6.20 Å². The molecule has 0 aliphatic carbocycles. The average Bonchev–Trinajstić information content (AvgIpc) is 2.76. The molecule has 1 spiro atoms. The van der Waals surface area contributed by atoms with Crippen molar-refractivity contribution in [2.45, 2.75) is 31.3 Å². The van der Waals surface area contributed by atoms with Crippen LogP contribution >= 0.6 is 0 Å². The highest BCUT2D eigenvalue weighted by Crippen LogP contribution is 2.38. The van der Waals surface area contributed by atoms with E-state index in [1.807, 2.05) is 12.3 Å². The predicted octanol–water partition coefficient (Wildman–Crippen LogP) is 1.36. The van der Waals surface area contributed by atoms with Gasteiger partial charge in [-0.1, -0.05) is 6.07 Å². The highest BCUT2D eigenvalue weighted by molar-refractivity contribution is 5.29. The fourth-order valence-electron chi connectivity index (χ4n) is 3.19. The Kier molecular flexibility index (Phi) is 3.22. The van der Waals surface area contributed by atoms with E-state index in [4.69, 9.17) is 10.5 Å². The molecule has 4 heteroatoms. The van der Waals surface area contributed by atoms with Crippen molar-refractivity contribution >= 4 is 5.82 Å². The first kappa shape index (κ1) is 11.9. The van der Waals surface area contributed by atoms with Crippen LogP contribution in [0.2, 0.25) is 0 Å². The van der Waals surface area contributed by atoms with E-state index in [9.17, 15) is 0 Å². The Balaban J connectivity index is 1.60. The Morgan fingerprint density at radius 1 is 1.39 bits per heavy atom. The predicted molar refractivity (Wildman–Crippen MR) is 71.2 cm³/mol. The zero-order valence-corrected chi connectivity index (χ0v) is 10.7. The third-order valence-corrected chi connectivity index (χ3v) is 4.17. The van der Waals surface area contributed by atoms with Crippen LogP contribution in [0, 0.1) is 5.92 Å². The van der Waals surface area contributed by atoms with Gasteiger partial charge in [0.25, 0.3) is 0 Å². The number of nitrogens with two attached hydrogens (primary N) is 1. The maximum Gasteiger partial charge on any atom is 0.123 e. The smallest absolute Gasteiger partial charge is 0.123 e. The fourth-order valence-corrected chi connectivity index (χ4v) is 3.19. The van der Waals surface area contributed by atoms with Gasteiger partial charge in [0.2, 0.25) is 0 Å². The van der Waals surface area contributed by atoms with E-state index in [-0.39, 0.29) is 5.60 Å². The molecule has 0 aromatic carbocycles. The first-order valence-corrected chi connectivity index (χ1v) is 6.81. The molecule has 1 aromatic rings. The lowest BCUT2D eigenvalue weighted by atomic mass is 9.84. The lowest BCUT2D eigenvalue weighted by Crippen LogP contribution is -2.41. The molecule has 1 aromatic heterocycles. The number of pyridine rings is 1. The van der Waals surface area contributed by atoms with Gasteiger partial charge in [0.1, 0.15) is 5.82 Å². The van der Waals surface area contributed by atoms with Gasteiger partial charge in [-0.2, -0.15) is 0 Å². The molecular formula is C14H21N3O. The number of nitrogens with zero attached hydrogens (tertiary/aromatic N) is 1. The molecule has 3 N–H and O–H groups in total. The summed E-state index contributed by atoms with van der Waals surface area (Å²) >= 11 is 0. The van der Waals surface area contributed by atoms with Crippen molar-refractivity contribution in [2.75, 3.05) is 25.4 Å². The second-order valence-electron chi connectivity index (χ2n) is 5.61. The molecule has 0 saturated carbocycles. The Morgan fingerprint density at radius 2 is 2.22 bits per heavy atom. The van der Waals surface area contributed by atoms with Crippen LogP contribution in [0.5, 0.6) is 0 Å². The van der Waals surface area contributed by atoms with Crippen LogP contribution in [0.25, 0.3) is 0 Å². The van der Waals surface area contributed by atoms with Gasteiger partial charge in [-0.05, 0) is 56.3 Å². The summed E-state index contributed by atoms with van der Waals surface area (Å²) in [4.78, 5) is 4.15. The molecule has 0 bridgehead atoms. The van der Waals surface area contributed by atoms with Crippen LogP contribution in [-0.4, -0.2) is 30.3 Å². The summed E-state index contributed by atoms with van der Waals surface area (Å²) in [6.07, 6.45) is 6.46. The number of rotatable bonds is 2. The number of nitrogen functional groups attached to an aromatic ring is 1. The topological polar surface area (TPSA) is 60.2 Å². The van der Waals surface area contributed by atoms with Crippen molar-refractivity contribution in [3.8, 4) is 0 Å². The molecule has 4 nitrogen and oxygen atoms in total. The molecule has 0 unspecified atom stereocenters. The number of anilines is 1. The van der Waals surface area contributed by atoms with E-state index in [0.29, 0.717) is 11.7 Å². The van der Waals surface area contributed by atoms with Crippen molar-refractivity contribution in [1.82, 2.24) is 10.3 Å². The van der Waals surface area contributed by atoms with Crippen molar-refractivity contribution in [2.24, 2.45) is 5.92 Å². The number of ether oxygens (including phenoxy) is 1. The van der Waals surface area contributed by atoms with Gasteiger partial charge in [-0.15, -0.1) is 0 Å².